The summed E-state index contributed by atoms with van der Waals surface area (Å²) in [5.41, 5.74) is 1.94. The average molecular weight is 256 g/mol. The number of ether oxygens (including phenoxy) is 1. The summed E-state index contributed by atoms with van der Waals surface area (Å²) in [6.07, 6.45) is -0.377. The van der Waals surface area contributed by atoms with Crippen LogP contribution < -0.4 is 5.32 Å². The molecule has 1 unspecified atom stereocenters. The van der Waals surface area contributed by atoms with Gasteiger partial charge in [0.15, 0.2) is 0 Å². The summed E-state index contributed by atoms with van der Waals surface area (Å²) in [6.45, 7) is 2.46. The van der Waals surface area contributed by atoms with Crippen LogP contribution in [0.3, 0.4) is 0 Å². The number of halogens is 1. The number of hydrogen-bond acceptors (Lipinski definition) is 2. The molecule has 0 bridgehead atoms. The number of nitrogens with one attached hydrogen (secondary N) is 1. The van der Waals surface area contributed by atoms with E-state index in [0.717, 1.165) is 15.7 Å². The van der Waals surface area contributed by atoms with E-state index in [9.17, 15) is 4.79 Å². The molecule has 0 saturated heterocycles. The molecule has 1 N–H and O–H groups in total. The van der Waals surface area contributed by atoms with Gasteiger partial charge in [-0.25, -0.2) is 4.79 Å². The number of hydrogen-bond donors (Lipinski definition) is 1. The summed E-state index contributed by atoms with van der Waals surface area (Å²) in [7, 11) is 0. The minimum absolute atomic E-state index is 0.224. The topological polar surface area (TPSA) is 38.3 Å². The van der Waals surface area contributed by atoms with Crippen molar-refractivity contribution in [3.05, 3.63) is 28.2 Å². The van der Waals surface area contributed by atoms with Crippen molar-refractivity contribution in [3.63, 3.8) is 0 Å². The van der Waals surface area contributed by atoms with Crippen LogP contribution in [-0.4, -0.2) is 12.7 Å². The first kappa shape index (κ1) is 9.52. The highest BCUT2D eigenvalue weighted by Gasteiger charge is 2.19. The Hall–Kier alpha value is -1.03. The predicted molar refractivity (Wildman–Crippen MR) is 57.5 cm³/mol. The Labute approximate surface area is 90.6 Å². The smallest absolute Gasteiger partial charge is 0.411 e. The summed E-state index contributed by atoms with van der Waals surface area (Å²) in [5.74, 6) is 0.224. The van der Waals surface area contributed by atoms with Crippen molar-refractivity contribution < 1.29 is 9.53 Å². The Morgan fingerprint density at radius 3 is 3.14 bits per heavy atom. The summed E-state index contributed by atoms with van der Waals surface area (Å²) < 4.78 is 5.99. The number of benzene rings is 1. The van der Waals surface area contributed by atoms with Gasteiger partial charge in [-0.2, -0.15) is 0 Å². The molecular formula is C10H10BrNO2. The molecule has 4 heteroatoms. The Balaban J connectivity index is 2.46. The first-order chi connectivity index (χ1) is 6.66. The molecule has 0 saturated carbocycles. The summed E-state index contributed by atoms with van der Waals surface area (Å²) >= 11 is 3.40. The van der Waals surface area contributed by atoms with Crippen molar-refractivity contribution in [3.8, 4) is 0 Å². The molecule has 1 aromatic carbocycles. The van der Waals surface area contributed by atoms with Crippen molar-refractivity contribution in [2.45, 2.75) is 12.8 Å². The lowest BCUT2D eigenvalue weighted by atomic mass is 10.0. The fourth-order valence-corrected chi connectivity index (χ4v) is 1.87. The van der Waals surface area contributed by atoms with E-state index >= 15 is 0 Å². The van der Waals surface area contributed by atoms with Gasteiger partial charge in [0, 0.05) is 16.1 Å². The second-order valence-electron chi connectivity index (χ2n) is 3.36. The van der Waals surface area contributed by atoms with Crippen molar-refractivity contribution in [1.82, 2.24) is 0 Å². The van der Waals surface area contributed by atoms with E-state index in [0.29, 0.717) is 6.61 Å². The number of carbonyl (C=O) groups excluding carboxylic acids is 1. The maximum absolute atomic E-state index is 11.1. The standard InChI is InChI=1S/C10H10BrNO2/c1-6-5-14-10(13)12-9-3-2-7(11)4-8(6)9/h2-4,6H,5H2,1H3,(H,12,13). The van der Waals surface area contributed by atoms with Crippen LogP contribution in [0.2, 0.25) is 0 Å². The molecule has 1 aromatic rings. The Bertz CT molecular complexity index is 378. The fourth-order valence-electron chi connectivity index (χ4n) is 1.49. The van der Waals surface area contributed by atoms with Gasteiger partial charge in [0.25, 0.3) is 0 Å². The summed E-state index contributed by atoms with van der Waals surface area (Å²) in [4.78, 5) is 11.1. The van der Waals surface area contributed by atoms with Crippen LogP contribution in [-0.2, 0) is 4.74 Å². The van der Waals surface area contributed by atoms with Crippen LogP contribution >= 0.6 is 15.9 Å². The van der Waals surface area contributed by atoms with Crippen LogP contribution in [0, 0.1) is 0 Å². The second-order valence-corrected chi connectivity index (χ2v) is 4.27. The van der Waals surface area contributed by atoms with Crippen LogP contribution in [0.25, 0.3) is 0 Å². The molecule has 0 fully saturated rings. The molecule has 0 aliphatic carbocycles. The number of rotatable bonds is 0. The zero-order valence-corrected chi connectivity index (χ0v) is 9.30. The Kier molecular flexibility index (Phi) is 2.46. The van der Waals surface area contributed by atoms with Gasteiger partial charge >= 0.3 is 6.09 Å². The third-order valence-electron chi connectivity index (χ3n) is 2.25. The number of carbonyl (C=O) groups is 1. The monoisotopic (exact) mass is 255 g/mol. The van der Waals surface area contributed by atoms with Crippen molar-refractivity contribution in [1.29, 1.82) is 0 Å². The summed E-state index contributed by atoms with van der Waals surface area (Å²) in [5, 5.41) is 2.70. The SMILES string of the molecule is CC1COC(=O)Nc2ccc(Br)cc21. The van der Waals surface area contributed by atoms with E-state index < -0.39 is 0 Å². The van der Waals surface area contributed by atoms with Crippen LogP contribution in [0.4, 0.5) is 10.5 Å². The van der Waals surface area contributed by atoms with Crippen LogP contribution in [0.5, 0.6) is 0 Å². The first-order valence-electron chi connectivity index (χ1n) is 4.40. The van der Waals surface area contributed by atoms with Crippen molar-refractivity contribution in [2.24, 2.45) is 0 Å². The van der Waals surface area contributed by atoms with E-state index in [-0.39, 0.29) is 12.0 Å². The maximum atomic E-state index is 11.1. The fraction of sp³-hybridized carbons (Fsp3) is 0.300. The highest BCUT2D eigenvalue weighted by Crippen LogP contribution is 2.30. The van der Waals surface area contributed by atoms with E-state index in [2.05, 4.69) is 21.2 Å². The predicted octanol–water partition coefficient (Wildman–Crippen LogP) is 3.11. The second kappa shape index (κ2) is 3.61. The minimum atomic E-state index is -0.377. The molecule has 0 aromatic heterocycles. The van der Waals surface area contributed by atoms with Gasteiger partial charge in [-0.15, -0.1) is 0 Å². The molecule has 1 heterocycles. The largest absolute Gasteiger partial charge is 0.449 e. The maximum Gasteiger partial charge on any atom is 0.411 e. The molecule has 3 nitrogen and oxygen atoms in total. The van der Waals surface area contributed by atoms with Gasteiger partial charge in [0.2, 0.25) is 0 Å². The Morgan fingerprint density at radius 2 is 2.36 bits per heavy atom. The molecule has 2 rings (SSSR count). The lowest BCUT2D eigenvalue weighted by Crippen LogP contribution is -2.11. The van der Waals surface area contributed by atoms with Gasteiger partial charge in [-0.3, -0.25) is 5.32 Å². The zero-order valence-electron chi connectivity index (χ0n) is 7.71. The summed E-state index contributed by atoms with van der Waals surface area (Å²) in [6, 6.07) is 5.79. The molecule has 1 amide bonds. The number of cyclic esters (lactones) is 1. The minimum Gasteiger partial charge on any atom is -0.449 e. The van der Waals surface area contributed by atoms with Crippen molar-refractivity contribution in [2.75, 3.05) is 11.9 Å². The molecule has 1 aliphatic heterocycles. The molecule has 1 aliphatic rings. The normalized spacial score (nSPS) is 20.4. The number of anilines is 1. The van der Waals surface area contributed by atoms with Crippen LogP contribution in [0.15, 0.2) is 22.7 Å². The molecule has 0 spiro atoms. The van der Waals surface area contributed by atoms with E-state index in [1.807, 2.05) is 25.1 Å². The highest BCUT2D eigenvalue weighted by atomic mass is 79.9. The first-order valence-corrected chi connectivity index (χ1v) is 5.19. The van der Waals surface area contributed by atoms with Crippen molar-refractivity contribution >= 4 is 27.7 Å². The molecule has 74 valence electrons. The van der Waals surface area contributed by atoms with Crippen LogP contribution in [0.1, 0.15) is 18.4 Å². The van der Waals surface area contributed by atoms with Gasteiger partial charge in [0.05, 0.1) is 6.61 Å². The van der Waals surface area contributed by atoms with E-state index in [4.69, 9.17) is 4.74 Å². The lowest BCUT2D eigenvalue weighted by molar-refractivity contribution is 0.158. The quantitative estimate of drug-likeness (QED) is 0.774. The number of amides is 1. The van der Waals surface area contributed by atoms with Gasteiger partial charge in [-0.1, -0.05) is 22.9 Å². The lowest BCUT2D eigenvalue weighted by Gasteiger charge is -2.10. The number of fused-ring (bicyclic) bond motifs is 1. The van der Waals surface area contributed by atoms with Gasteiger partial charge < -0.3 is 4.74 Å². The molecule has 1 atom stereocenters. The average Bonchev–Trinajstić information content (AvgIpc) is 2.29. The van der Waals surface area contributed by atoms with E-state index in [1.54, 1.807) is 0 Å². The van der Waals surface area contributed by atoms with Gasteiger partial charge in [-0.05, 0) is 23.8 Å². The van der Waals surface area contributed by atoms with Gasteiger partial charge in [0.1, 0.15) is 0 Å². The molecule has 0 radical (unpaired) electrons. The zero-order chi connectivity index (χ0) is 10.1. The molecular weight excluding hydrogens is 246 g/mol. The molecule has 14 heavy (non-hydrogen) atoms. The van der Waals surface area contributed by atoms with E-state index in [1.165, 1.54) is 0 Å². The third kappa shape index (κ3) is 1.75. The Morgan fingerprint density at radius 1 is 1.57 bits per heavy atom. The highest BCUT2D eigenvalue weighted by molar-refractivity contribution is 9.10. The third-order valence-corrected chi connectivity index (χ3v) is 2.74.